The van der Waals surface area contributed by atoms with Gasteiger partial charge in [-0.15, -0.1) is 11.3 Å². The first-order valence-electron chi connectivity index (χ1n) is 10.2. The van der Waals surface area contributed by atoms with Crippen LogP contribution < -0.4 is 0 Å². The summed E-state index contributed by atoms with van der Waals surface area (Å²) < 4.78 is 3.45. The third-order valence-electron chi connectivity index (χ3n) is 5.01. The molecule has 5 rings (SSSR count). The number of aromatic nitrogens is 1. The fraction of sp³-hybridized carbons (Fsp3) is 0.0370. The molecule has 156 valence electrons. The molecule has 0 fully saturated rings. The molecule has 0 radical (unpaired) electrons. The van der Waals surface area contributed by atoms with E-state index in [0.29, 0.717) is 0 Å². The van der Waals surface area contributed by atoms with Crippen molar-refractivity contribution in [3.8, 4) is 0 Å². The summed E-state index contributed by atoms with van der Waals surface area (Å²) in [6, 6.07) is 35.9. The highest BCUT2D eigenvalue weighted by Crippen LogP contribution is 2.43. The zero-order valence-electron chi connectivity index (χ0n) is 17.1. The molecule has 5 heteroatoms. The Bertz CT molecular complexity index is 1310. The Labute approximate surface area is 209 Å². The third-order valence-corrected chi connectivity index (χ3v) is 8.15. The second kappa shape index (κ2) is 9.98. The lowest BCUT2D eigenvalue weighted by molar-refractivity contribution is 1.14. The number of hydrogen-bond acceptors (Lipinski definition) is 4. The summed E-state index contributed by atoms with van der Waals surface area (Å²) in [5.74, 6) is 0. The minimum absolute atomic E-state index is 0.205. The van der Waals surface area contributed by atoms with Crippen LogP contribution in [0.1, 0.15) is 21.9 Å². The number of thioether (sulfide) groups is 1. The maximum atomic E-state index is 4.90. The van der Waals surface area contributed by atoms with E-state index in [1.165, 1.54) is 14.7 Å². The van der Waals surface area contributed by atoms with Crippen LogP contribution in [0.3, 0.4) is 0 Å². The smallest absolute Gasteiger partial charge is 0.152 e. The second-order valence-electron chi connectivity index (χ2n) is 7.26. The molecule has 0 unspecified atom stereocenters. The Hall–Kier alpha value is -2.48. The van der Waals surface area contributed by atoms with Gasteiger partial charge in [-0.25, -0.2) is 4.98 Å². The van der Waals surface area contributed by atoms with Crippen LogP contribution in [0.15, 0.2) is 112 Å². The minimum Gasteiger partial charge on any atom is -0.256 e. The van der Waals surface area contributed by atoms with Gasteiger partial charge in [-0.05, 0) is 69.6 Å². The average Bonchev–Trinajstić information content (AvgIpc) is 3.25. The highest BCUT2D eigenvalue weighted by Gasteiger charge is 2.18. The Morgan fingerprint density at radius 2 is 1.47 bits per heavy atom. The Balaban J connectivity index is 1.42. The van der Waals surface area contributed by atoms with E-state index in [0.717, 1.165) is 25.8 Å². The zero-order valence-corrected chi connectivity index (χ0v) is 20.8. The fourth-order valence-corrected chi connectivity index (χ4v) is 6.19. The summed E-state index contributed by atoms with van der Waals surface area (Å²) in [5.41, 5.74) is 5.63. The van der Waals surface area contributed by atoms with Gasteiger partial charge in [0.15, 0.2) is 4.34 Å². The van der Waals surface area contributed by atoms with Crippen molar-refractivity contribution in [2.24, 2.45) is 4.99 Å². The first kappa shape index (κ1) is 21.4. The van der Waals surface area contributed by atoms with E-state index in [2.05, 4.69) is 125 Å². The molecule has 32 heavy (non-hydrogen) atoms. The van der Waals surface area contributed by atoms with Crippen LogP contribution in [0.5, 0.6) is 0 Å². The highest BCUT2D eigenvalue weighted by molar-refractivity contribution is 14.1. The first-order valence-corrected chi connectivity index (χ1v) is 13.0. The van der Waals surface area contributed by atoms with Crippen LogP contribution >= 0.6 is 45.7 Å². The van der Waals surface area contributed by atoms with Crippen molar-refractivity contribution in [2.45, 2.75) is 9.59 Å². The fourth-order valence-electron chi connectivity index (χ4n) is 3.41. The van der Waals surface area contributed by atoms with Crippen molar-refractivity contribution in [3.63, 3.8) is 0 Å². The van der Waals surface area contributed by atoms with Gasteiger partial charge in [-0.1, -0.05) is 84.6 Å². The number of fused-ring (bicyclic) bond motifs is 1. The molecule has 0 saturated carbocycles. The van der Waals surface area contributed by atoms with Gasteiger partial charge in [0.25, 0.3) is 0 Å². The molecule has 0 N–H and O–H groups in total. The quantitative estimate of drug-likeness (QED) is 0.118. The number of hydrogen-bond donors (Lipinski definition) is 0. The molecule has 0 aliphatic heterocycles. The number of nitrogens with zero attached hydrogens (tertiary/aromatic N) is 2. The Kier molecular flexibility index (Phi) is 6.67. The SMILES string of the molecule is Ic1ccc(C=Nc2ccc3nc(SC(c4ccccc4)c4ccccc4)sc3c2)cc1. The van der Waals surface area contributed by atoms with Crippen LogP contribution in [0.25, 0.3) is 10.2 Å². The van der Waals surface area contributed by atoms with E-state index in [9.17, 15) is 0 Å². The first-order chi connectivity index (χ1) is 15.7. The molecule has 0 spiro atoms. The molecule has 0 aliphatic rings. The van der Waals surface area contributed by atoms with Crippen molar-refractivity contribution in [3.05, 3.63) is 123 Å². The molecule has 4 aromatic carbocycles. The number of halogens is 1. The Morgan fingerprint density at radius 3 is 2.12 bits per heavy atom. The predicted molar refractivity (Wildman–Crippen MR) is 147 cm³/mol. The minimum atomic E-state index is 0.205. The molecule has 0 atom stereocenters. The van der Waals surface area contributed by atoms with Crippen molar-refractivity contribution < 1.29 is 0 Å². The molecular formula is C27H19IN2S2. The summed E-state index contributed by atoms with van der Waals surface area (Å²) in [5, 5.41) is 0.205. The molecule has 1 heterocycles. The summed E-state index contributed by atoms with van der Waals surface area (Å²) in [6.45, 7) is 0. The molecular weight excluding hydrogens is 543 g/mol. The van der Waals surface area contributed by atoms with Crippen LogP contribution in [-0.2, 0) is 0 Å². The van der Waals surface area contributed by atoms with Gasteiger partial charge < -0.3 is 0 Å². The van der Waals surface area contributed by atoms with Gasteiger partial charge >= 0.3 is 0 Å². The number of thiazole rings is 1. The van der Waals surface area contributed by atoms with Gasteiger partial charge in [-0.3, -0.25) is 4.99 Å². The maximum absolute atomic E-state index is 4.90. The highest BCUT2D eigenvalue weighted by atomic mass is 127. The van der Waals surface area contributed by atoms with Crippen LogP contribution in [0.2, 0.25) is 0 Å². The average molecular weight is 563 g/mol. The number of aliphatic imine (C=N–C) groups is 1. The standard InChI is InChI=1S/C27H19IN2S2/c28-22-13-11-19(12-14-22)18-29-23-15-16-24-25(17-23)31-27(30-24)32-26(20-7-3-1-4-8-20)21-9-5-2-6-10-21/h1-18,26H. The largest absolute Gasteiger partial charge is 0.256 e. The van der Waals surface area contributed by atoms with Crippen molar-refractivity contribution in [2.75, 3.05) is 0 Å². The molecule has 0 aliphatic carbocycles. The molecule has 5 aromatic rings. The van der Waals surface area contributed by atoms with E-state index < -0.39 is 0 Å². The van der Waals surface area contributed by atoms with Crippen LogP contribution in [0, 0.1) is 3.57 Å². The lowest BCUT2D eigenvalue weighted by Crippen LogP contribution is -1.96. The summed E-state index contributed by atoms with van der Waals surface area (Å²) in [6.07, 6.45) is 1.91. The van der Waals surface area contributed by atoms with Gasteiger partial charge in [-0.2, -0.15) is 0 Å². The van der Waals surface area contributed by atoms with E-state index in [4.69, 9.17) is 4.98 Å². The van der Waals surface area contributed by atoms with E-state index in [-0.39, 0.29) is 5.25 Å². The topological polar surface area (TPSA) is 25.2 Å². The second-order valence-corrected chi connectivity index (χ2v) is 10.9. The van der Waals surface area contributed by atoms with Gasteiger partial charge in [0.2, 0.25) is 0 Å². The van der Waals surface area contributed by atoms with Gasteiger partial charge in [0.05, 0.1) is 21.2 Å². The lowest BCUT2D eigenvalue weighted by atomic mass is 10.0. The number of benzene rings is 4. The van der Waals surface area contributed by atoms with Crippen molar-refractivity contribution in [1.29, 1.82) is 0 Å². The summed E-state index contributed by atoms with van der Waals surface area (Å²) in [4.78, 5) is 9.57. The van der Waals surface area contributed by atoms with E-state index in [1.54, 1.807) is 23.1 Å². The predicted octanol–water partition coefficient (Wildman–Crippen LogP) is 8.53. The van der Waals surface area contributed by atoms with Crippen LogP contribution in [-0.4, -0.2) is 11.2 Å². The van der Waals surface area contributed by atoms with Crippen molar-refractivity contribution >= 4 is 67.8 Å². The monoisotopic (exact) mass is 562 g/mol. The van der Waals surface area contributed by atoms with Crippen LogP contribution in [0.4, 0.5) is 5.69 Å². The Morgan fingerprint density at radius 1 is 0.812 bits per heavy atom. The number of rotatable bonds is 6. The van der Waals surface area contributed by atoms with E-state index >= 15 is 0 Å². The van der Waals surface area contributed by atoms with E-state index in [1.807, 2.05) is 12.3 Å². The molecule has 2 nitrogen and oxygen atoms in total. The summed E-state index contributed by atoms with van der Waals surface area (Å²) >= 11 is 5.85. The molecule has 0 amide bonds. The zero-order chi connectivity index (χ0) is 21.8. The normalized spacial score (nSPS) is 11.6. The lowest BCUT2D eigenvalue weighted by Gasteiger charge is -2.16. The van der Waals surface area contributed by atoms with Gasteiger partial charge in [0.1, 0.15) is 0 Å². The van der Waals surface area contributed by atoms with Crippen molar-refractivity contribution in [1.82, 2.24) is 4.98 Å². The third kappa shape index (κ3) is 5.11. The van der Waals surface area contributed by atoms with Gasteiger partial charge in [0, 0.05) is 9.78 Å². The summed E-state index contributed by atoms with van der Waals surface area (Å²) in [7, 11) is 0. The molecule has 0 bridgehead atoms. The molecule has 0 saturated heterocycles. The maximum Gasteiger partial charge on any atom is 0.152 e. The molecule has 1 aromatic heterocycles.